The van der Waals surface area contributed by atoms with Gasteiger partial charge in [0.1, 0.15) is 11.5 Å². The van der Waals surface area contributed by atoms with Gasteiger partial charge in [-0.3, -0.25) is 0 Å². The maximum absolute atomic E-state index is 12.1. The van der Waals surface area contributed by atoms with E-state index in [9.17, 15) is 13.2 Å². The number of nitrogens with one attached hydrogen (secondary N) is 1. The van der Waals surface area contributed by atoms with Gasteiger partial charge in [-0.05, 0) is 24.7 Å². The van der Waals surface area contributed by atoms with Gasteiger partial charge in [-0.2, -0.15) is 13.2 Å². The molecule has 0 amide bonds. The van der Waals surface area contributed by atoms with Crippen LogP contribution in [-0.2, 0) is 6.54 Å². The molecule has 0 aliphatic heterocycles. The molecule has 0 atom stereocenters. The predicted octanol–water partition coefficient (Wildman–Crippen LogP) is 2.75. The highest BCUT2D eigenvalue weighted by molar-refractivity contribution is 5.40. The number of hydrogen-bond donors (Lipinski definition) is 1. The molecule has 0 heterocycles. The molecular weight excluding hydrogens is 247 g/mol. The van der Waals surface area contributed by atoms with Crippen molar-refractivity contribution >= 4 is 0 Å². The summed E-state index contributed by atoms with van der Waals surface area (Å²) >= 11 is 0. The summed E-state index contributed by atoms with van der Waals surface area (Å²) in [7, 11) is 1.50. The van der Waals surface area contributed by atoms with Gasteiger partial charge in [0.05, 0.1) is 7.11 Å². The van der Waals surface area contributed by atoms with Gasteiger partial charge in [-0.15, -0.1) is 0 Å². The molecule has 3 nitrogen and oxygen atoms in total. The first-order valence-electron chi connectivity index (χ1n) is 5.53. The third-order valence-corrected chi connectivity index (χ3v) is 2.22. The van der Waals surface area contributed by atoms with Crippen LogP contribution in [0.3, 0.4) is 0 Å². The number of hydrogen-bond acceptors (Lipinski definition) is 3. The van der Waals surface area contributed by atoms with Gasteiger partial charge in [-0.25, -0.2) is 0 Å². The smallest absolute Gasteiger partial charge is 0.422 e. The SMILES string of the molecule is CCNCc1cc(OC)ccc1OCC(F)(F)F. The molecule has 0 fully saturated rings. The third kappa shape index (κ3) is 4.83. The molecule has 1 aromatic rings. The minimum atomic E-state index is -4.34. The third-order valence-electron chi connectivity index (χ3n) is 2.22. The second-order valence-electron chi connectivity index (χ2n) is 3.66. The zero-order valence-electron chi connectivity index (χ0n) is 10.3. The van der Waals surface area contributed by atoms with E-state index < -0.39 is 12.8 Å². The van der Waals surface area contributed by atoms with Crippen LogP contribution in [0.4, 0.5) is 13.2 Å². The first kappa shape index (κ1) is 14.6. The van der Waals surface area contributed by atoms with E-state index in [1.807, 2.05) is 6.92 Å². The number of benzene rings is 1. The fourth-order valence-corrected chi connectivity index (χ4v) is 1.38. The van der Waals surface area contributed by atoms with E-state index in [2.05, 4.69) is 5.32 Å². The van der Waals surface area contributed by atoms with Crippen LogP contribution >= 0.6 is 0 Å². The topological polar surface area (TPSA) is 30.5 Å². The van der Waals surface area contributed by atoms with Crippen LogP contribution in [0.15, 0.2) is 18.2 Å². The van der Waals surface area contributed by atoms with Gasteiger partial charge in [-0.1, -0.05) is 6.92 Å². The van der Waals surface area contributed by atoms with Crippen molar-refractivity contribution in [3.05, 3.63) is 23.8 Å². The van der Waals surface area contributed by atoms with E-state index in [1.165, 1.54) is 13.2 Å². The second-order valence-corrected chi connectivity index (χ2v) is 3.66. The van der Waals surface area contributed by atoms with E-state index in [0.717, 1.165) is 6.54 Å². The summed E-state index contributed by atoms with van der Waals surface area (Å²) in [4.78, 5) is 0. The van der Waals surface area contributed by atoms with Gasteiger partial charge < -0.3 is 14.8 Å². The standard InChI is InChI=1S/C12H16F3NO2/c1-3-16-7-9-6-10(17-2)4-5-11(9)18-8-12(13,14)15/h4-6,16H,3,7-8H2,1-2H3. The molecular formula is C12H16F3NO2. The average molecular weight is 263 g/mol. The maximum Gasteiger partial charge on any atom is 0.422 e. The lowest BCUT2D eigenvalue weighted by Crippen LogP contribution is -2.20. The van der Waals surface area contributed by atoms with Crippen LogP contribution in [-0.4, -0.2) is 26.4 Å². The number of methoxy groups -OCH3 is 1. The molecule has 0 radical (unpaired) electrons. The molecule has 18 heavy (non-hydrogen) atoms. The molecule has 0 saturated carbocycles. The van der Waals surface area contributed by atoms with E-state index in [1.54, 1.807) is 12.1 Å². The fraction of sp³-hybridized carbons (Fsp3) is 0.500. The number of rotatable bonds is 6. The van der Waals surface area contributed by atoms with Gasteiger partial charge in [0, 0.05) is 12.1 Å². The minimum absolute atomic E-state index is 0.217. The van der Waals surface area contributed by atoms with Gasteiger partial charge in [0.25, 0.3) is 0 Å². The quantitative estimate of drug-likeness (QED) is 0.856. The van der Waals surface area contributed by atoms with E-state index in [-0.39, 0.29) is 5.75 Å². The Kier molecular flexibility index (Phi) is 5.27. The molecule has 0 spiro atoms. The van der Waals surface area contributed by atoms with Gasteiger partial charge in [0.15, 0.2) is 6.61 Å². The van der Waals surface area contributed by atoms with Crippen LogP contribution in [0.5, 0.6) is 11.5 Å². The van der Waals surface area contributed by atoms with Crippen molar-refractivity contribution in [3.8, 4) is 11.5 Å². The lowest BCUT2D eigenvalue weighted by atomic mass is 10.2. The van der Waals surface area contributed by atoms with Crippen LogP contribution < -0.4 is 14.8 Å². The Bertz CT molecular complexity index is 380. The van der Waals surface area contributed by atoms with Crippen molar-refractivity contribution in [2.45, 2.75) is 19.6 Å². The lowest BCUT2D eigenvalue weighted by Gasteiger charge is -2.14. The van der Waals surface area contributed by atoms with Crippen molar-refractivity contribution in [2.24, 2.45) is 0 Å². The Hall–Kier alpha value is -1.43. The zero-order chi connectivity index (χ0) is 13.6. The summed E-state index contributed by atoms with van der Waals surface area (Å²) in [6, 6.07) is 4.72. The molecule has 0 aromatic heterocycles. The zero-order valence-corrected chi connectivity index (χ0v) is 10.3. The molecule has 1 N–H and O–H groups in total. The molecule has 0 unspecified atom stereocenters. The first-order chi connectivity index (χ1) is 8.46. The molecule has 1 rings (SSSR count). The molecule has 6 heteroatoms. The molecule has 1 aromatic carbocycles. The number of alkyl halides is 3. The Labute approximate surface area is 104 Å². The monoisotopic (exact) mass is 263 g/mol. The lowest BCUT2D eigenvalue weighted by molar-refractivity contribution is -0.153. The summed E-state index contributed by atoms with van der Waals surface area (Å²) in [5.41, 5.74) is 0.639. The summed E-state index contributed by atoms with van der Waals surface area (Å²) < 4.78 is 46.1. The maximum atomic E-state index is 12.1. The van der Waals surface area contributed by atoms with Crippen molar-refractivity contribution in [2.75, 3.05) is 20.3 Å². The Morgan fingerprint density at radius 2 is 2.00 bits per heavy atom. The summed E-state index contributed by atoms with van der Waals surface area (Å²) in [6.45, 7) is 1.77. The average Bonchev–Trinajstić information content (AvgIpc) is 2.33. The van der Waals surface area contributed by atoms with Crippen molar-refractivity contribution < 1.29 is 22.6 Å². The highest BCUT2D eigenvalue weighted by atomic mass is 19.4. The number of halogens is 3. The van der Waals surface area contributed by atoms with Gasteiger partial charge in [0.2, 0.25) is 0 Å². The Morgan fingerprint density at radius 1 is 1.28 bits per heavy atom. The van der Waals surface area contributed by atoms with E-state index in [4.69, 9.17) is 9.47 Å². The summed E-state index contributed by atoms with van der Waals surface area (Å²) in [5.74, 6) is 0.802. The highest BCUT2D eigenvalue weighted by Crippen LogP contribution is 2.26. The summed E-state index contributed by atoms with van der Waals surface area (Å²) in [6.07, 6.45) is -4.34. The molecule has 0 saturated heterocycles. The molecule has 0 bridgehead atoms. The van der Waals surface area contributed by atoms with Crippen molar-refractivity contribution in [1.82, 2.24) is 5.32 Å². The van der Waals surface area contributed by atoms with Crippen molar-refractivity contribution in [3.63, 3.8) is 0 Å². The second kappa shape index (κ2) is 6.49. The predicted molar refractivity (Wildman–Crippen MR) is 61.9 cm³/mol. The molecule has 102 valence electrons. The largest absolute Gasteiger partial charge is 0.497 e. The van der Waals surface area contributed by atoms with Gasteiger partial charge >= 0.3 is 6.18 Å². The molecule has 0 aliphatic carbocycles. The van der Waals surface area contributed by atoms with Crippen molar-refractivity contribution in [1.29, 1.82) is 0 Å². The molecule has 0 aliphatic rings. The fourth-order valence-electron chi connectivity index (χ4n) is 1.38. The van der Waals surface area contributed by atoms with Crippen LogP contribution in [0.2, 0.25) is 0 Å². The summed E-state index contributed by atoms with van der Waals surface area (Å²) in [5, 5.41) is 3.04. The Morgan fingerprint density at radius 3 is 2.56 bits per heavy atom. The van der Waals surface area contributed by atoms with Crippen LogP contribution in [0.1, 0.15) is 12.5 Å². The first-order valence-corrected chi connectivity index (χ1v) is 5.53. The minimum Gasteiger partial charge on any atom is -0.497 e. The van der Waals surface area contributed by atoms with E-state index >= 15 is 0 Å². The normalized spacial score (nSPS) is 11.4. The highest BCUT2D eigenvalue weighted by Gasteiger charge is 2.28. The number of ether oxygens (including phenoxy) is 2. The van der Waals surface area contributed by atoms with Crippen LogP contribution in [0.25, 0.3) is 0 Å². The van der Waals surface area contributed by atoms with Crippen LogP contribution in [0, 0.1) is 0 Å². The van der Waals surface area contributed by atoms with E-state index in [0.29, 0.717) is 17.9 Å². The Balaban J connectivity index is 2.81.